The number of pyridine rings is 2. The first-order valence-electron chi connectivity index (χ1n) is 8.94. The highest BCUT2D eigenvalue weighted by molar-refractivity contribution is 7.99. The van der Waals surface area contributed by atoms with Gasteiger partial charge in [-0.2, -0.15) is 0 Å². The minimum atomic E-state index is 0.0608. The van der Waals surface area contributed by atoms with E-state index in [2.05, 4.69) is 19.9 Å². The summed E-state index contributed by atoms with van der Waals surface area (Å²) >= 11 is 7.63. The third-order valence-corrected chi connectivity index (χ3v) is 6.50. The van der Waals surface area contributed by atoms with E-state index in [4.69, 9.17) is 32.8 Å². The van der Waals surface area contributed by atoms with Crippen LogP contribution in [0.5, 0.6) is 0 Å². The van der Waals surface area contributed by atoms with Crippen molar-refractivity contribution < 1.29 is 4.74 Å². The first kappa shape index (κ1) is 17.9. The highest BCUT2D eigenvalue weighted by Crippen LogP contribution is 2.35. The predicted molar refractivity (Wildman–Crippen MR) is 109 cm³/mol. The fourth-order valence-electron chi connectivity index (χ4n) is 3.60. The number of nitrogens with two attached hydrogens (primary N) is 2. The molecule has 2 aliphatic rings. The van der Waals surface area contributed by atoms with Gasteiger partial charge in [0.1, 0.15) is 22.2 Å². The molecule has 2 fully saturated rings. The lowest BCUT2D eigenvalue weighted by molar-refractivity contribution is 0.0269. The van der Waals surface area contributed by atoms with Gasteiger partial charge in [-0.3, -0.25) is 0 Å². The fraction of sp³-hybridized carbons (Fsp3) is 0.333. The van der Waals surface area contributed by atoms with E-state index in [1.165, 1.54) is 11.8 Å². The molecule has 0 amide bonds. The molecule has 3 aromatic rings. The topological polar surface area (TPSA) is 116 Å². The van der Waals surface area contributed by atoms with Crippen LogP contribution < -0.4 is 16.4 Å². The number of halogens is 1. The van der Waals surface area contributed by atoms with Crippen LogP contribution in [0.2, 0.25) is 5.02 Å². The van der Waals surface area contributed by atoms with Gasteiger partial charge < -0.3 is 21.1 Å². The van der Waals surface area contributed by atoms with E-state index < -0.39 is 0 Å². The van der Waals surface area contributed by atoms with E-state index in [9.17, 15) is 0 Å². The van der Waals surface area contributed by atoms with E-state index in [0.717, 1.165) is 40.8 Å². The summed E-state index contributed by atoms with van der Waals surface area (Å²) in [6.07, 6.45) is 4.51. The van der Waals surface area contributed by atoms with Gasteiger partial charge >= 0.3 is 0 Å². The molecule has 4 N–H and O–H groups in total. The predicted octanol–water partition coefficient (Wildman–Crippen LogP) is 2.11. The second-order valence-electron chi connectivity index (χ2n) is 6.93. The molecular weight excluding hydrogens is 398 g/mol. The molecule has 0 saturated carbocycles. The third-order valence-electron chi connectivity index (χ3n) is 4.99. The van der Waals surface area contributed by atoms with Crippen LogP contribution >= 0.6 is 23.4 Å². The maximum atomic E-state index is 6.22. The number of rotatable bonds is 3. The van der Waals surface area contributed by atoms with E-state index >= 15 is 0 Å². The van der Waals surface area contributed by atoms with Gasteiger partial charge in [0.25, 0.3) is 0 Å². The van der Waals surface area contributed by atoms with Crippen molar-refractivity contribution in [3.8, 4) is 0 Å². The third kappa shape index (κ3) is 3.24. The van der Waals surface area contributed by atoms with Crippen molar-refractivity contribution >= 4 is 46.2 Å². The minimum Gasteiger partial charge on any atom is -0.382 e. The second-order valence-corrected chi connectivity index (χ2v) is 8.37. The van der Waals surface area contributed by atoms with E-state index in [0.29, 0.717) is 16.5 Å². The monoisotopic (exact) mass is 415 g/mol. The number of nitrogen functional groups attached to an aromatic ring is 1. The molecule has 28 heavy (non-hydrogen) atoms. The van der Waals surface area contributed by atoms with E-state index in [1.807, 2.05) is 12.1 Å². The first-order valence-corrected chi connectivity index (χ1v) is 10.1. The van der Waals surface area contributed by atoms with Crippen LogP contribution in [0.4, 0.5) is 11.6 Å². The largest absolute Gasteiger partial charge is 0.382 e. The maximum absolute atomic E-state index is 6.22. The van der Waals surface area contributed by atoms with Crippen molar-refractivity contribution in [2.45, 2.75) is 34.6 Å². The minimum absolute atomic E-state index is 0.0608. The Morgan fingerprint density at radius 1 is 1.18 bits per heavy atom. The quantitative estimate of drug-likeness (QED) is 0.663. The van der Waals surface area contributed by atoms with Crippen LogP contribution in [-0.4, -0.2) is 51.3 Å². The van der Waals surface area contributed by atoms with Crippen molar-refractivity contribution in [2.24, 2.45) is 5.73 Å². The number of hydrogen-bond acceptors (Lipinski definition) is 9. The summed E-state index contributed by atoms with van der Waals surface area (Å²) in [5.41, 5.74) is 13.2. The van der Waals surface area contributed by atoms with Crippen LogP contribution in [0.1, 0.15) is 6.42 Å². The highest BCUT2D eigenvalue weighted by atomic mass is 35.5. The lowest BCUT2D eigenvalue weighted by Gasteiger charge is -2.33. The number of morpholine rings is 1. The Hall–Kier alpha value is -2.20. The zero-order valence-corrected chi connectivity index (χ0v) is 16.4. The summed E-state index contributed by atoms with van der Waals surface area (Å²) in [5.74, 6) is 1.13. The van der Waals surface area contributed by atoms with Crippen molar-refractivity contribution in [3.05, 3.63) is 35.6 Å². The van der Waals surface area contributed by atoms with Crippen LogP contribution in [0.15, 0.2) is 40.5 Å². The summed E-state index contributed by atoms with van der Waals surface area (Å²) in [7, 11) is 0. The molecule has 3 atom stereocenters. The van der Waals surface area contributed by atoms with Crippen LogP contribution in [-0.2, 0) is 4.74 Å². The summed E-state index contributed by atoms with van der Waals surface area (Å²) < 4.78 is 5.88. The summed E-state index contributed by atoms with van der Waals surface area (Å²) in [6.45, 7) is 1.52. The Kier molecular flexibility index (Phi) is 4.47. The Morgan fingerprint density at radius 3 is 2.93 bits per heavy atom. The van der Waals surface area contributed by atoms with Gasteiger partial charge in [0.05, 0.1) is 23.4 Å². The second kappa shape index (κ2) is 7.00. The molecule has 0 radical (unpaired) electrons. The molecule has 5 heterocycles. The Morgan fingerprint density at radius 2 is 2.07 bits per heavy atom. The van der Waals surface area contributed by atoms with Crippen molar-refractivity contribution in [1.82, 2.24) is 19.9 Å². The summed E-state index contributed by atoms with van der Waals surface area (Å²) in [4.78, 5) is 20.8. The molecule has 0 spiro atoms. The molecule has 5 rings (SSSR count). The van der Waals surface area contributed by atoms with Gasteiger partial charge in [-0.05, 0) is 24.6 Å². The molecule has 0 aromatic carbocycles. The molecule has 0 aliphatic carbocycles. The lowest BCUT2D eigenvalue weighted by Crippen LogP contribution is -2.46. The van der Waals surface area contributed by atoms with Crippen molar-refractivity contribution in [1.29, 1.82) is 0 Å². The number of anilines is 2. The summed E-state index contributed by atoms with van der Waals surface area (Å²) in [5, 5.41) is 1.19. The average molecular weight is 416 g/mol. The smallest absolute Gasteiger partial charge is 0.179 e. The molecule has 2 bridgehead atoms. The molecular formula is C18H18ClN7OS. The van der Waals surface area contributed by atoms with Gasteiger partial charge in [0.2, 0.25) is 0 Å². The van der Waals surface area contributed by atoms with Gasteiger partial charge in [-0.25, -0.2) is 19.9 Å². The van der Waals surface area contributed by atoms with Gasteiger partial charge in [0.15, 0.2) is 5.65 Å². The van der Waals surface area contributed by atoms with Gasteiger partial charge in [-0.15, -0.1) is 0 Å². The lowest BCUT2D eigenvalue weighted by atomic mass is 10.1. The number of hydrogen-bond donors (Lipinski definition) is 2. The molecule has 8 nitrogen and oxygen atoms in total. The van der Waals surface area contributed by atoms with Crippen molar-refractivity contribution in [2.75, 3.05) is 23.7 Å². The Bertz CT molecular complexity index is 1050. The number of aromatic nitrogens is 4. The average Bonchev–Trinajstić information content (AvgIpc) is 2.96. The standard InChI is InChI=1S/C18H18ClN7OS/c19-16-13(3-4-22-17(16)21)28-15-2-1-11-18(25-15)23-6-14(24-11)26-7-9-5-10(20)12(8-26)27-9/h1-4,6,9-10,12H,5,7-8,20H2,(H2,21,22)/t9-,10+,12?/m1/s1. The Labute approximate surface area is 170 Å². The Balaban J connectivity index is 1.40. The van der Waals surface area contributed by atoms with E-state index in [-0.39, 0.29) is 18.2 Å². The molecule has 2 aliphatic heterocycles. The van der Waals surface area contributed by atoms with Crippen LogP contribution in [0.25, 0.3) is 11.2 Å². The molecule has 1 unspecified atom stereocenters. The molecule has 3 aromatic heterocycles. The number of nitrogens with zero attached hydrogens (tertiary/aromatic N) is 5. The maximum Gasteiger partial charge on any atom is 0.179 e. The fourth-order valence-corrected chi connectivity index (χ4v) is 4.64. The normalized spacial score (nSPS) is 24.1. The summed E-state index contributed by atoms with van der Waals surface area (Å²) in [6, 6.07) is 5.72. The van der Waals surface area contributed by atoms with Gasteiger partial charge in [0, 0.05) is 30.2 Å². The van der Waals surface area contributed by atoms with Gasteiger partial charge in [-0.1, -0.05) is 23.4 Å². The first-order chi connectivity index (χ1) is 13.6. The zero-order chi connectivity index (χ0) is 19.3. The van der Waals surface area contributed by atoms with E-state index in [1.54, 1.807) is 18.5 Å². The van der Waals surface area contributed by atoms with Crippen LogP contribution in [0, 0.1) is 0 Å². The molecule has 2 saturated heterocycles. The number of fused-ring (bicyclic) bond motifs is 3. The van der Waals surface area contributed by atoms with Crippen LogP contribution in [0.3, 0.4) is 0 Å². The molecule has 10 heteroatoms. The van der Waals surface area contributed by atoms with Crippen molar-refractivity contribution in [3.63, 3.8) is 0 Å². The number of ether oxygens (including phenoxy) is 1. The zero-order valence-electron chi connectivity index (χ0n) is 14.8. The SMILES string of the molecule is Nc1nccc(Sc2ccc3nc(N4CC5O[C@H](C[C@@H]5N)C4)cnc3n2)c1Cl. The highest BCUT2D eigenvalue weighted by Gasteiger charge is 2.39. The molecule has 144 valence electrons.